The van der Waals surface area contributed by atoms with E-state index in [0.29, 0.717) is 0 Å². The second-order valence-electron chi connectivity index (χ2n) is 4.26. The van der Waals surface area contributed by atoms with E-state index in [1.54, 1.807) is 39.0 Å². The molecule has 0 aromatic heterocycles. The second kappa shape index (κ2) is 6.68. The third kappa shape index (κ3) is 4.04. The maximum atomic E-state index is 12.4. The molecule has 0 saturated heterocycles. The molecule has 0 fully saturated rings. The number of nitrogens with zero attached hydrogens (tertiary/aromatic N) is 1. The van der Waals surface area contributed by atoms with Crippen molar-refractivity contribution < 1.29 is 17.9 Å². The molecule has 0 atom stereocenters. The Morgan fingerprint density at radius 1 is 1.26 bits per heavy atom. The van der Waals surface area contributed by atoms with E-state index in [1.807, 2.05) is 0 Å². The summed E-state index contributed by atoms with van der Waals surface area (Å²) in [5.74, 6) is -0.546. The fraction of sp³-hybridized carbons (Fsp3) is 0.462. The van der Waals surface area contributed by atoms with Gasteiger partial charge < -0.3 is 4.74 Å². The van der Waals surface area contributed by atoms with Gasteiger partial charge in [0.2, 0.25) is 10.0 Å². The van der Waals surface area contributed by atoms with Crippen molar-refractivity contribution in [2.24, 2.45) is 0 Å². The monoisotopic (exact) mass is 285 g/mol. The summed E-state index contributed by atoms with van der Waals surface area (Å²) in [6.45, 7) is 5.08. The first kappa shape index (κ1) is 15.7. The van der Waals surface area contributed by atoms with Crippen molar-refractivity contribution in [3.63, 3.8) is 0 Å². The molecule has 0 heterocycles. The van der Waals surface area contributed by atoms with Crippen LogP contribution in [0.2, 0.25) is 0 Å². The fourth-order valence-corrected chi connectivity index (χ4v) is 3.21. The lowest BCUT2D eigenvalue weighted by Gasteiger charge is -2.24. The van der Waals surface area contributed by atoms with Crippen LogP contribution < -0.4 is 0 Å². The third-order valence-corrected chi connectivity index (χ3v) is 4.55. The number of hydrogen-bond acceptors (Lipinski definition) is 4. The van der Waals surface area contributed by atoms with E-state index < -0.39 is 16.0 Å². The molecule has 1 rings (SSSR count). The zero-order valence-corrected chi connectivity index (χ0v) is 12.2. The Morgan fingerprint density at radius 2 is 1.84 bits per heavy atom. The van der Waals surface area contributed by atoms with E-state index in [1.165, 1.54) is 12.1 Å². The molecule has 0 aliphatic carbocycles. The highest BCUT2D eigenvalue weighted by Gasteiger charge is 2.29. The minimum Gasteiger partial charge on any atom is -0.465 e. The lowest BCUT2D eigenvalue weighted by molar-refractivity contribution is -0.143. The molecule has 0 bridgehead atoms. The van der Waals surface area contributed by atoms with Crippen LogP contribution in [0.15, 0.2) is 35.2 Å². The predicted octanol–water partition coefficient (Wildman–Crippen LogP) is 1.65. The molecule has 0 N–H and O–H groups in total. The number of carbonyl (C=O) groups is 1. The minimum absolute atomic E-state index is 0.174. The molecule has 0 unspecified atom stereocenters. The topological polar surface area (TPSA) is 63.7 Å². The van der Waals surface area contributed by atoms with Gasteiger partial charge in [0.25, 0.3) is 0 Å². The van der Waals surface area contributed by atoms with Crippen LogP contribution in [0, 0.1) is 0 Å². The molecule has 1 aromatic rings. The summed E-state index contributed by atoms with van der Waals surface area (Å²) in [5, 5.41) is 0. The lowest BCUT2D eigenvalue weighted by atomic mass is 10.4. The largest absolute Gasteiger partial charge is 0.465 e. The Hall–Kier alpha value is -1.40. The van der Waals surface area contributed by atoms with Gasteiger partial charge in [-0.3, -0.25) is 4.79 Å². The Bertz CT molecular complexity index is 511. The van der Waals surface area contributed by atoms with Gasteiger partial charge in [0, 0.05) is 6.04 Å². The van der Waals surface area contributed by atoms with E-state index in [0.717, 1.165) is 4.31 Å². The Balaban J connectivity index is 3.02. The molecule has 0 saturated carbocycles. The highest BCUT2D eigenvalue weighted by atomic mass is 32.2. The van der Waals surface area contributed by atoms with E-state index in [9.17, 15) is 13.2 Å². The molecule has 0 aliphatic rings. The van der Waals surface area contributed by atoms with Gasteiger partial charge in [-0.25, -0.2) is 8.42 Å². The highest BCUT2D eigenvalue weighted by molar-refractivity contribution is 7.89. The van der Waals surface area contributed by atoms with Crippen LogP contribution in [-0.2, 0) is 19.6 Å². The van der Waals surface area contributed by atoms with Gasteiger partial charge in [-0.2, -0.15) is 4.31 Å². The summed E-state index contributed by atoms with van der Waals surface area (Å²) < 4.78 is 30.8. The zero-order valence-electron chi connectivity index (χ0n) is 11.4. The molecule has 106 valence electrons. The normalized spacial score (nSPS) is 11.8. The second-order valence-corrected chi connectivity index (χ2v) is 6.15. The minimum atomic E-state index is -3.68. The van der Waals surface area contributed by atoms with Crippen LogP contribution in [0.3, 0.4) is 0 Å². The smallest absolute Gasteiger partial charge is 0.321 e. The number of benzene rings is 1. The number of carbonyl (C=O) groups excluding carboxylic acids is 1. The van der Waals surface area contributed by atoms with Crippen LogP contribution in [-0.4, -0.2) is 37.9 Å². The van der Waals surface area contributed by atoms with Gasteiger partial charge >= 0.3 is 5.97 Å². The average Bonchev–Trinajstić information content (AvgIpc) is 2.37. The summed E-state index contributed by atoms with van der Waals surface area (Å²) in [4.78, 5) is 11.7. The summed E-state index contributed by atoms with van der Waals surface area (Å²) in [7, 11) is -3.68. The van der Waals surface area contributed by atoms with Crippen molar-refractivity contribution in [1.82, 2.24) is 4.31 Å². The maximum Gasteiger partial charge on any atom is 0.321 e. The maximum absolute atomic E-state index is 12.4. The molecule has 0 aliphatic heterocycles. The average molecular weight is 285 g/mol. The molecule has 1 aromatic carbocycles. The van der Waals surface area contributed by atoms with Gasteiger partial charge in [-0.1, -0.05) is 18.2 Å². The molecule has 5 nitrogen and oxygen atoms in total. The standard InChI is InChI=1S/C13H19NO4S/c1-4-18-13(15)10-14(11(2)3)19(16,17)12-8-6-5-7-9-12/h5-9,11H,4,10H2,1-3H3. The van der Waals surface area contributed by atoms with E-state index in [-0.39, 0.29) is 24.1 Å². The number of sulfonamides is 1. The first-order valence-electron chi connectivity index (χ1n) is 6.12. The molecule has 0 spiro atoms. The number of esters is 1. The molecule has 6 heteroatoms. The van der Waals surface area contributed by atoms with Crippen molar-refractivity contribution in [2.45, 2.75) is 31.7 Å². The van der Waals surface area contributed by atoms with Gasteiger partial charge in [-0.05, 0) is 32.9 Å². The van der Waals surface area contributed by atoms with Gasteiger partial charge in [0.05, 0.1) is 11.5 Å². The van der Waals surface area contributed by atoms with Crippen LogP contribution in [0.5, 0.6) is 0 Å². The van der Waals surface area contributed by atoms with Gasteiger partial charge in [0.1, 0.15) is 6.54 Å². The summed E-state index contributed by atoms with van der Waals surface area (Å²) in [6, 6.07) is 7.73. The van der Waals surface area contributed by atoms with Crippen molar-refractivity contribution >= 4 is 16.0 Å². The zero-order chi connectivity index (χ0) is 14.5. The summed E-state index contributed by atoms with van der Waals surface area (Å²) in [6.07, 6.45) is 0. The van der Waals surface area contributed by atoms with Crippen LogP contribution in [0.4, 0.5) is 0 Å². The van der Waals surface area contributed by atoms with Crippen molar-refractivity contribution in [2.75, 3.05) is 13.2 Å². The Labute approximate surface area is 114 Å². The quantitative estimate of drug-likeness (QED) is 0.746. The van der Waals surface area contributed by atoms with Gasteiger partial charge in [-0.15, -0.1) is 0 Å². The predicted molar refractivity (Wildman–Crippen MR) is 72.1 cm³/mol. The SMILES string of the molecule is CCOC(=O)CN(C(C)C)S(=O)(=O)c1ccccc1. The number of ether oxygens (including phenoxy) is 1. The molecular formula is C13H19NO4S. The highest BCUT2D eigenvalue weighted by Crippen LogP contribution is 2.17. The van der Waals surface area contributed by atoms with E-state index in [4.69, 9.17) is 4.74 Å². The fourth-order valence-electron chi connectivity index (χ4n) is 1.61. The molecule has 0 amide bonds. The van der Waals surface area contributed by atoms with Crippen LogP contribution in [0.1, 0.15) is 20.8 Å². The van der Waals surface area contributed by atoms with E-state index in [2.05, 4.69) is 0 Å². The number of hydrogen-bond donors (Lipinski definition) is 0. The lowest BCUT2D eigenvalue weighted by Crippen LogP contribution is -2.41. The number of rotatable bonds is 6. The van der Waals surface area contributed by atoms with Crippen LogP contribution >= 0.6 is 0 Å². The molecule has 19 heavy (non-hydrogen) atoms. The van der Waals surface area contributed by atoms with Crippen molar-refractivity contribution in [3.05, 3.63) is 30.3 Å². The Morgan fingerprint density at radius 3 is 2.32 bits per heavy atom. The Kier molecular flexibility index (Phi) is 5.50. The van der Waals surface area contributed by atoms with Crippen LogP contribution in [0.25, 0.3) is 0 Å². The summed E-state index contributed by atoms with van der Waals surface area (Å²) in [5.41, 5.74) is 0. The molecular weight excluding hydrogens is 266 g/mol. The van der Waals surface area contributed by atoms with Crippen molar-refractivity contribution in [3.8, 4) is 0 Å². The van der Waals surface area contributed by atoms with E-state index >= 15 is 0 Å². The van der Waals surface area contributed by atoms with Gasteiger partial charge in [0.15, 0.2) is 0 Å². The molecule has 0 radical (unpaired) electrons. The third-order valence-electron chi connectivity index (χ3n) is 2.52. The first-order chi connectivity index (χ1) is 8.89. The summed E-state index contributed by atoms with van der Waals surface area (Å²) >= 11 is 0. The van der Waals surface area contributed by atoms with Crippen molar-refractivity contribution in [1.29, 1.82) is 0 Å². The first-order valence-corrected chi connectivity index (χ1v) is 7.56.